The summed E-state index contributed by atoms with van der Waals surface area (Å²) >= 11 is 0. The normalized spacial score (nSPS) is 21.9. The number of aromatic nitrogens is 2. The van der Waals surface area contributed by atoms with Crippen LogP contribution in [0.5, 0.6) is 0 Å². The summed E-state index contributed by atoms with van der Waals surface area (Å²) in [5, 5.41) is 24.8. The summed E-state index contributed by atoms with van der Waals surface area (Å²) < 4.78 is 0. The average molecular weight is 241 g/mol. The number of fused-ring (bicyclic) bond motifs is 1. The van der Waals surface area contributed by atoms with E-state index in [1.807, 2.05) is 0 Å². The van der Waals surface area contributed by atoms with Crippen LogP contribution in [0.4, 0.5) is 17.5 Å². The highest BCUT2D eigenvalue weighted by molar-refractivity contribution is 5.67. The van der Waals surface area contributed by atoms with Gasteiger partial charge in [-0.3, -0.25) is 4.79 Å². The number of hydrogen-bond donors (Lipinski definition) is 6. The molecule has 1 aliphatic rings. The summed E-state index contributed by atoms with van der Waals surface area (Å²) in [5.74, 6) is 0.467. The van der Waals surface area contributed by atoms with E-state index in [-0.39, 0.29) is 11.6 Å². The molecule has 1 unspecified atom stereocenters. The number of aliphatic hydroxyl groups excluding tert-OH is 2. The van der Waals surface area contributed by atoms with E-state index in [0.29, 0.717) is 12.4 Å². The molecular weight excluding hydrogens is 226 g/mol. The first-order valence-corrected chi connectivity index (χ1v) is 5.25. The van der Waals surface area contributed by atoms with E-state index in [1.165, 1.54) is 6.92 Å². The summed E-state index contributed by atoms with van der Waals surface area (Å²) in [6.07, 6.45) is -1.87. The Morgan fingerprint density at radius 3 is 2.88 bits per heavy atom. The van der Waals surface area contributed by atoms with E-state index in [4.69, 9.17) is 5.73 Å². The van der Waals surface area contributed by atoms with Gasteiger partial charge in [0.2, 0.25) is 5.95 Å². The van der Waals surface area contributed by atoms with Crippen LogP contribution in [0, 0.1) is 0 Å². The first-order chi connectivity index (χ1) is 7.99. The zero-order chi connectivity index (χ0) is 12.6. The number of nitrogens with two attached hydrogens (primary N) is 1. The number of nitrogens with one attached hydrogen (secondary N) is 3. The Morgan fingerprint density at radius 2 is 2.24 bits per heavy atom. The van der Waals surface area contributed by atoms with Crippen molar-refractivity contribution in [2.45, 2.75) is 25.2 Å². The zero-order valence-electron chi connectivity index (χ0n) is 9.27. The molecule has 1 aliphatic heterocycles. The molecule has 8 heteroatoms. The van der Waals surface area contributed by atoms with Gasteiger partial charge in [-0.1, -0.05) is 0 Å². The van der Waals surface area contributed by atoms with Crippen molar-refractivity contribution in [2.75, 3.05) is 22.9 Å². The number of nitrogen functional groups attached to an aromatic ring is 1. The molecule has 1 aromatic rings. The highest BCUT2D eigenvalue weighted by Gasteiger charge is 2.29. The summed E-state index contributed by atoms with van der Waals surface area (Å²) in [7, 11) is 0. The molecule has 94 valence electrons. The highest BCUT2D eigenvalue weighted by atomic mass is 16.3. The van der Waals surface area contributed by atoms with E-state index >= 15 is 0 Å². The van der Waals surface area contributed by atoms with Crippen molar-refractivity contribution in [1.29, 1.82) is 0 Å². The van der Waals surface area contributed by atoms with Gasteiger partial charge in [0.15, 0.2) is 0 Å². The second-order valence-electron chi connectivity index (χ2n) is 4.04. The van der Waals surface area contributed by atoms with Gasteiger partial charge in [-0.15, -0.1) is 0 Å². The molecule has 8 nitrogen and oxygen atoms in total. The van der Waals surface area contributed by atoms with Gasteiger partial charge in [-0.05, 0) is 6.92 Å². The predicted octanol–water partition coefficient (Wildman–Crippen LogP) is -1.70. The summed E-state index contributed by atoms with van der Waals surface area (Å²) in [6, 6.07) is -0.464. The minimum atomic E-state index is -0.979. The number of aliphatic hydroxyl groups is 2. The van der Waals surface area contributed by atoms with Crippen molar-refractivity contribution < 1.29 is 10.2 Å². The maximum Gasteiger partial charge on any atom is 0.300 e. The van der Waals surface area contributed by atoms with Gasteiger partial charge < -0.3 is 31.6 Å². The van der Waals surface area contributed by atoms with Crippen molar-refractivity contribution in [1.82, 2.24) is 9.97 Å². The fourth-order valence-electron chi connectivity index (χ4n) is 1.75. The third-order valence-corrected chi connectivity index (χ3v) is 2.67. The minimum absolute atomic E-state index is 0.0255. The van der Waals surface area contributed by atoms with Gasteiger partial charge in [0, 0.05) is 6.54 Å². The monoisotopic (exact) mass is 241 g/mol. The van der Waals surface area contributed by atoms with Crippen LogP contribution in [0.3, 0.4) is 0 Å². The van der Waals surface area contributed by atoms with Crippen molar-refractivity contribution in [3.8, 4) is 0 Å². The van der Waals surface area contributed by atoms with Crippen LogP contribution in [0.2, 0.25) is 0 Å². The Labute approximate surface area is 96.9 Å². The van der Waals surface area contributed by atoms with E-state index in [1.54, 1.807) is 0 Å². The molecule has 0 aliphatic carbocycles. The van der Waals surface area contributed by atoms with Crippen molar-refractivity contribution >= 4 is 17.5 Å². The number of hydrogen-bond acceptors (Lipinski definition) is 7. The van der Waals surface area contributed by atoms with E-state index in [2.05, 4.69) is 20.6 Å². The Hall–Kier alpha value is -1.80. The van der Waals surface area contributed by atoms with Crippen LogP contribution >= 0.6 is 0 Å². The van der Waals surface area contributed by atoms with Crippen LogP contribution in [-0.4, -0.2) is 45.0 Å². The van der Waals surface area contributed by atoms with Crippen LogP contribution in [0.15, 0.2) is 4.79 Å². The summed E-state index contributed by atoms with van der Waals surface area (Å²) in [5.41, 5.74) is 5.11. The number of anilines is 3. The number of aromatic amines is 1. The Bertz CT molecular complexity index is 472. The molecule has 0 spiro atoms. The molecular formula is C9H15N5O3. The molecule has 2 rings (SSSR count). The van der Waals surface area contributed by atoms with Gasteiger partial charge in [0.05, 0.1) is 12.1 Å². The molecule has 7 N–H and O–H groups in total. The Morgan fingerprint density at radius 1 is 1.53 bits per heavy atom. The molecule has 0 saturated heterocycles. The fraction of sp³-hybridized carbons (Fsp3) is 0.556. The number of nitrogens with zero attached hydrogens (tertiary/aromatic N) is 1. The predicted molar refractivity (Wildman–Crippen MR) is 62.9 cm³/mol. The lowest BCUT2D eigenvalue weighted by molar-refractivity contribution is 0.0214. The number of rotatable bonds is 2. The smallest absolute Gasteiger partial charge is 0.300 e. The maximum absolute atomic E-state index is 11.6. The van der Waals surface area contributed by atoms with Gasteiger partial charge in [0.1, 0.15) is 17.6 Å². The lowest BCUT2D eigenvalue weighted by Crippen LogP contribution is -2.48. The van der Waals surface area contributed by atoms with Crippen molar-refractivity contribution in [3.05, 3.63) is 10.4 Å². The second kappa shape index (κ2) is 4.22. The first kappa shape index (κ1) is 11.7. The largest absolute Gasteiger partial charge is 0.391 e. The van der Waals surface area contributed by atoms with Crippen molar-refractivity contribution in [2.24, 2.45) is 0 Å². The molecule has 0 fully saturated rings. The highest BCUT2D eigenvalue weighted by Crippen LogP contribution is 2.21. The third kappa shape index (κ3) is 2.17. The number of H-pyrrole nitrogens is 1. The standard InChI is InChI=1S/C9H15N5O3/c1-3(15)6(16)4-2-11-7-5(12-4)8(17)14-9(10)13-7/h3-4,6,12,15-16H,2H2,1H3,(H4,10,11,13,14,17)/t3-,4-,6?/m0/s1. The molecule has 3 atom stereocenters. The van der Waals surface area contributed by atoms with Crippen LogP contribution < -0.4 is 21.9 Å². The Kier molecular flexibility index (Phi) is 2.90. The van der Waals surface area contributed by atoms with Crippen LogP contribution in [0.25, 0.3) is 0 Å². The first-order valence-electron chi connectivity index (χ1n) is 5.25. The average Bonchev–Trinajstić information content (AvgIpc) is 2.27. The zero-order valence-corrected chi connectivity index (χ0v) is 9.27. The van der Waals surface area contributed by atoms with Crippen molar-refractivity contribution in [3.63, 3.8) is 0 Å². The summed E-state index contributed by atoms with van der Waals surface area (Å²) in [6.45, 7) is 1.84. The van der Waals surface area contributed by atoms with E-state index < -0.39 is 23.8 Å². The maximum atomic E-state index is 11.6. The van der Waals surface area contributed by atoms with Gasteiger partial charge in [-0.2, -0.15) is 4.98 Å². The Balaban J connectivity index is 2.27. The molecule has 0 bridgehead atoms. The molecule has 0 amide bonds. The lowest BCUT2D eigenvalue weighted by Gasteiger charge is -2.31. The second-order valence-corrected chi connectivity index (χ2v) is 4.04. The van der Waals surface area contributed by atoms with E-state index in [0.717, 1.165) is 0 Å². The molecule has 0 aromatic carbocycles. The molecule has 0 radical (unpaired) electrons. The SMILES string of the molecule is C[C@H](O)C(O)[C@@H]1CNc2[nH]c(N)nc(=O)c2N1. The quantitative estimate of drug-likeness (QED) is 0.363. The molecule has 17 heavy (non-hydrogen) atoms. The van der Waals surface area contributed by atoms with Crippen LogP contribution in [-0.2, 0) is 0 Å². The molecule has 2 heterocycles. The van der Waals surface area contributed by atoms with Gasteiger partial charge in [0.25, 0.3) is 5.56 Å². The van der Waals surface area contributed by atoms with Gasteiger partial charge >= 0.3 is 0 Å². The molecule has 0 saturated carbocycles. The topological polar surface area (TPSA) is 136 Å². The van der Waals surface area contributed by atoms with E-state index in [9.17, 15) is 15.0 Å². The summed E-state index contributed by atoms with van der Waals surface area (Å²) in [4.78, 5) is 17.8. The lowest BCUT2D eigenvalue weighted by atomic mass is 10.0. The molecule has 1 aromatic heterocycles. The minimum Gasteiger partial charge on any atom is -0.391 e. The van der Waals surface area contributed by atoms with Crippen LogP contribution in [0.1, 0.15) is 6.92 Å². The third-order valence-electron chi connectivity index (χ3n) is 2.67. The fourth-order valence-corrected chi connectivity index (χ4v) is 1.75. The van der Waals surface area contributed by atoms with Gasteiger partial charge in [-0.25, -0.2) is 0 Å².